The van der Waals surface area contributed by atoms with E-state index in [-0.39, 0.29) is 10.8 Å². The molecular weight excluding hydrogens is 208 g/mol. The van der Waals surface area contributed by atoms with Gasteiger partial charge in [-0.15, -0.1) is 0 Å². The monoisotopic (exact) mass is 228 g/mol. The van der Waals surface area contributed by atoms with E-state index in [0.29, 0.717) is 0 Å². The number of methoxy groups -OCH3 is 1. The predicted octanol–water partition coefficient (Wildman–Crippen LogP) is 1.68. The first kappa shape index (κ1) is 11.9. The zero-order valence-electron chi connectivity index (χ0n) is 9.99. The van der Waals surface area contributed by atoms with E-state index in [4.69, 9.17) is 9.47 Å². The van der Waals surface area contributed by atoms with Crippen LogP contribution in [0.15, 0.2) is 0 Å². The number of hydrogen-bond donors (Lipinski definition) is 1. The minimum absolute atomic E-state index is 0.0598. The fourth-order valence-electron chi connectivity index (χ4n) is 3.20. The highest BCUT2D eigenvalue weighted by molar-refractivity contribution is 5.74. The fraction of sp³-hybridized carbons (Fsp3) is 0.917. The standard InChI is InChI=1S/C12H20O4/c1-11(5-7-16-8-6-11)12(3-4-12)9(15-2)10(13)14/h9H,3-8H2,1-2H3,(H,13,14). The molecule has 1 saturated carbocycles. The van der Waals surface area contributed by atoms with Gasteiger partial charge in [0.1, 0.15) is 0 Å². The average molecular weight is 228 g/mol. The quantitative estimate of drug-likeness (QED) is 0.795. The second-order valence-electron chi connectivity index (χ2n) is 5.28. The Hall–Kier alpha value is -0.610. The van der Waals surface area contributed by atoms with Crippen molar-refractivity contribution in [3.8, 4) is 0 Å². The van der Waals surface area contributed by atoms with Crippen molar-refractivity contribution in [2.75, 3.05) is 20.3 Å². The Morgan fingerprint density at radius 3 is 2.25 bits per heavy atom. The van der Waals surface area contributed by atoms with Crippen molar-refractivity contribution in [2.45, 2.75) is 38.7 Å². The van der Waals surface area contributed by atoms with E-state index in [9.17, 15) is 9.90 Å². The third-order valence-corrected chi connectivity index (χ3v) is 4.55. The average Bonchev–Trinajstić information content (AvgIpc) is 3.01. The van der Waals surface area contributed by atoms with Crippen molar-refractivity contribution in [3.05, 3.63) is 0 Å². The molecule has 2 aliphatic rings. The SMILES string of the molecule is COC(C(=O)O)C1(C2(C)CCOCC2)CC1. The molecule has 2 rings (SSSR count). The molecule has 1 heterocycles. The number of aliphatic carboxylic acids is 1. The highest BCUT2D eigenvalue weighted by Crippen LogP contribution is 2.65. The van der Waals surface area contributed by atoms with Gasteiger partial charge < -0.3 is 14.6 Å². The van der Waals surface area contributed by atoms with Gasteiger partial charge in [-0.05, 0) is 31.1 Å². The maximum Gasteiger partial charge on any atom is 0.333 e. The predicted molar refractivity (Wildman–Crippen MR) is 58.3 cm³/mol. The van der Waals surface area contributed by atoms with E-state index in [1.165, 1.54) is 7.11 Å². The van der Waals surface area contributed by atoms with Gasteiger partial charge in [0.25, 0.3) is 0 Å². The minimum Gasteiger partial charge on any atom is -0.479 e. The van der Waals surface area contributed by atoms with Crippen molar-refractivity contribution in [2.24, 2.45) is 10.8 Å². The van der Waals surface area contributed by atoms with Gasteiger partial charge >= 0.3 is 5.97 Å². The van der Waals surface area contributed by atoms with Gasteiger partial charge in [0, 0.05) is 25.7 Å². The van der Waals surface area contributed by atoms with Crippen LogP contribution in [0.5, 0.6) is 0 Å². The second kappa shape index (κ2) is 4.00. The third-order valence-electron chi connectivity index (χ3n) is 4.55. The summed E-state index contributed by atoms with van der Waals surface area (Å²) < 4.78 is 10.6. The maximum atomic E-state index is 11.2. The summed E-state index contributed by atoms with van der Waals surface area (Å²) in [7, 11) is 1.50. The molecule has 16 heavy (non-hydrogen) atoms. The van der Waals surface area contributed by atoms with Gasteiger partial charge in [0.2, 0.25) is 0 Å². The lowest BCUT2D eigenvalue weighted by Gasteiger charge is -2.43. The van der Waals surface area contributed by atoms with Crippen LogP contribution in [0.25, 0.3) is 0 Å². The maximum absolute atomic E-state index is 11.2. The van der Waals surface area contributed by atoms with Crippen LogP contribution in [0.3, 0.4) is 0 Å². The Morgan fingerprint density at radius 2 is 1.88 bits per heavy atom. The van der Waals surface area contributed by atoms with Crippen molar-refractivity contribution in [3.63, 3.8) is 0 Å². The summed E-state index contributed by atoms with van der Waals surface area (Å²) in [4.78, 5) is 11.2. The topological polar surface area (TPSA) is 55.8 Å². The number of rotatable bonds is 4. The molecule has 1 atom stereocenters. The molecule has 0 bridgehead atoms. The molecule has 0 aromatic rings. The summed E-state index contributed by atoms with van der Waals surface area (Å²) in [5, 5.41) is 9.24. The smallest absolute Gasteiger partial charge is 0.333 e. The van der Waals surface area contributed by atoms with E-state index in [1.807, 2.05) is 0 Å². The summed E-state index contributed by atoms with van der Waals surface area (Å²) in [6.45, 7) is 3.68. The number of hydrogen-bond acceptors (Lipinski definition) is 3. The summed E-state index contributed by atoms with van der Waals surface area (Å²) in [6.07, 6.45) is 3.17. The molecule has 1 unspecified atom stereocenters. The first-order valence-corrected chi connectivity index (χ1v) is 5.89. The van der Waals surface area contributed by atoms with Gasteiger partial charge in [-0.1, -0.05) is 6.92 Å². The van der Waals surface area contributed by atoms with Crippen LogP contribution >= 0.6 is 0 Å². The van der Waals surface area contributed by atoms with E-state index < -0.39 is 12.1 Å². The van der Waals surface area contributed by atoms with Crippen LogP contribution in [0.1, 0.15) is 32.6 Å². The lowest BCUT2D eigenvalue weighted by Crippen LogP contribution is -2.46. The molecule has 0 radical (unpaired) electrons. The Bertz CT molecular complexity index is 277. The largest absolute Gasteiger partial charge is 0.479 e. The summed E-state index contributed by atoms with van der Waals surface area (Å²) in [6, 6.07) is 0. The van der Waals surface area contributed by atoms with Crippen molar-refractivity contribution >= 4 is 5.97 Å². The van der Waals surface area contributed by atoms with Gasteiger partial charge in [0.05, 0.1) is 0 Å². The van der Waals surface area contributed by atoms with Crippen LogP contribution in [-0.4, -0.2) is 37.5 Å². The molecule has 1 N–H and O–H groups in total. The van der Waals surface area contributed by atoms with Crippen LogP contribution < -0.4 is 0 Å². The molecule has 1 aliphatic carbocycles. The van der Waals surface area contributed by atoms with Gasteiger partial charge in [-0.2, -0.15) is 0 Å². The lowest BCUT2D eigenvalue weighted by atomic mass is 9.66. The van der Waals surface area contributed by atoms with Crippen LogP contribution in [0.2, 0.25) is 0 Å². The first-order valence-electron chi connectivity index (χ1n) is 5.89. The first-order chi connectivity index (χ1) is 7.56. The molecular formula is C12H20O4. The summed E-state index contributed by atoms with van der Waals surface area (Å²) in [5.41, 5.74) is -0.0956. The number of carboxylic acids is 1. The molecule has 4 nitrogen and oxygen atoms in total. The second-order valence-corrected chi connectivity index (χ2v) is 5.28. The Labute approximate surface area is 95.9 Å². The van der Waals surface area contributed by atoms with Crippen molar-refractivity contribution in [1.82, 2.24) is 0 Å². The number of carboxylic acid groups (broad SMARTS) is 1. The van der Waals surface area contributed by atoms with Gasteiger partial charge in [-0.3, -0.25) is 0 Å². The zero-order chi connectivity index (χ0) is 11.8. The normalized spacial score (nSPS) is 28.4. The molecule has 92 valence electrons. The van der Waals surface area contributed by atoms with E-state index in [2.05, 4.69) is 6.92 Å². The summed E-state index contributed by atoms with van der Waals surface area (Å²) in [5.74, 6) is -0.826. The zero-order valence-corrected chi connectivity index (χ0v) is 9.99. The highest BCUT2D eigenvalue weighted by Gasteiger charge is 2.63. The van der Waals surface area contributed by atoms with Gasteiger partial charge in [-0.25, -0.2) is 4.79 Å². The van der Waals surface area contributed by atoms with Crippen LogP contribution in [0, 0.1) is 10.8 Å². The molecule has 0 amide bonds. The molecule has 1 aliphatic heterocycles. The Morgan fingerprint density at radius 1 is 1.31 bits per heavy atom. The summed E-state index contributed by atoms with van der Waals surface area (Å²) >= 11 is 0. The number of carbonyl (C=O) groups is 1. The van der Waals surface area contributed by atoms with Crippen molar-refractivity contribution < 1.29 is 19.4 Å². The third kappa shape index (κ3) is 1.64. The van der Waals surface area contributed by atoms with Crippen LogP contribution in [-0.2, 0) is 14.3 Å². The van der Waals surface area contributed by atoms with Crippen molar-refractivity contribution in [1.29, 1.82) is 0 Å². The minimum atomic E-state index is -0.826. The number of ether oxygens (including phenoxy) is 2. The van der Waals surface area contributed by atoms with E-state index in [1.54, 1.807) is 0 Å². The lowest BCUT2D eigenvalue weighted by molar-refractivity contribution is -0.161. The molecule has 0 aromatic carbocycles. The molecule has 2 fully saturated rings. The Balaban J connectivity index is 2.20. The molecule has 1 saturated heterocycles. The Kier molecular flexibility index (Phi) is 2.97. The van der Waals surface area contributed by atoms with Gasteiger partial charge in [0.15, 0.2) is 6.10 Å². The highest BCUT2D eigenvalue weighted by atomic mass is 16.5. The molecule has 4 heteroatoms. The van der Waals surface area contributed by atoms with E-state index in [0.717, 1.165) is 38.9 Å². The molecule has 0 spiro atoms. The van der Waals surface area contributed by atoms with Crippen LogP contribution in [0.4, 0.5) is 0 Å². The molecule has 0 aromatic heterocycles. The van der Waals surface area contributed by atoms with E-state index >= 15 is 0 Å². The fourth-order valence-corrected chi connectivity index (χ4v) is 3.20.